The molecule has 3 nitrogen and oxygen atoms in total. The third kappa shape index (κ3) is 1.89. The summed E-state index contributed by atoms with van der Waals surface area (Å²) in [4.78, 5) is 0. The lowest BCUT2D eigenvalue weighted by Gasteiger charge is -2.02. The van der Waals surface area contributed by atoms with Gasteiger partial charge >= 0.3 is 0 Å². The predicted octanol–water partition coefficient (Wildman–Crippen LogP) is 2.62. The summed E-state index contributed by atoms with van der Waals surface area (Å²) in [5.74, 6) is -0.269. The van der Waals surface area contributed by atoms with Crippen LogP contribution in [0.3, 0.4) is 0 Å². The largest absolute Gasteiger partial charge is 0.240 e. The summed E-state index contributed by atoms with van der Waals surface area (Å²) in [5.41, 5.74) is 2.54. The van der Waals surface area contributed by atoms with Crippen molar-refractivity contribution in [3.8, 4) is 0 Å². The van der Waals surface area contributed by atoms with Crippen molar-refractivity contribution >= 4 is 11.0 Å². The van der Waals surface area contributed by atoms with E-state index in [9.17, 15) is 4.39 Å². The number of fused-ring (bicyclic) bond motifs is 1. The average Bonchev–Trinajstić information content (AvgIpc) is 2.73. The molecule has 0 aliphatic rings. The topological polar surface area (TPSA) is 30.7 Å². The molecule has 2 aromatic carbocycles. The Morgan fingerprint density at radius 2 is 1.88 bits per heavy atom. The van der Waals surface area contributed by atoms with Gasteiger partial charge in [-0.25, -0.2) is 9.07 Å². The number of benzene rings is 2. The molecule has 3 aromatic rings. The van der Waals surface area contributed by atoms with Gasteiger partial charge in [0.05, 0.1) is 12.1 Å². The Morgan fingerprint density at radius 1 is 1.06 bits per heavy atom. The van der Waals surface area contributed by atoms with Gasteiger partial charge < -0.3 is 0 Å². The summed E-state index contributed by atoms with van der Waals surface area (Å²) in [6.07, 6.45) is 0. The van der Waals surface area contributed by atoms with Gasteiger partial charge in [-0.2, -0.15) is 0 Å². The van der Waals surface area contributed by atoms with Crippen molar-refractivity contribution in [3.63, 3.8) is 0 Å². The molecule has 0 aliphatic carbocycles. The SMILES string of the molecule is Fc1ccc2nnn(Cc3ccccc3)c2c1. The van der Waals surface area contributed by atoms with Crippen LogP contribution in [-0.4, -0.2) is 15.0 Å². The molecule has 0 N–H and O–H groups in total. The van der Waals surface area contributed by atoms with Crippen molar-refractivity contribution in [2.45, 2.75) is 6.54 Å². The van der Waals surface area contributed by atoms with Crippen LogP contribution in [0.25, 0.3) is 11.0 Å². The van der Waals surface area contributed by atoms with Crippen LogP contribution >= 0.6 is 0 Å². The number of aromatic nitrogens is 3. The lowest BCUT2D eigenvalue weighted by Crippen LogP contribution is -2.01. The first-order valence-corrected chi connectivity index (χ1v) is 5.35. The maximum Gasteiger partial charge on any atom is 0.125 e. The first-order valence-electron chi connectivity index (χ1n) is 5.35. The molecule has 0 saturated heterocycles. The van der Waals surface area contributed by atoms with E-state index in [1.807, 2.05) is 30.3 Å². The second-order valence-corrected chi connectivity index (χ2v) is 3.87. The van der Waals surface area contributed by atoms with Gasteiger partial charge in [0.15, 0.2) is 0 Å². The first kappa shape index (κ1) is 9.96. The van der Waals surface area contributed by atoms with Crippen molar-refractivity contribution in [1.82, 2.24) is 15.0 Å². The van der Waals surface area contributed by atoms with Gasteiger partial charge in [0.25, 0.3) is 0 Å². The highest BCUT2D eigenvalue weighted by Gasteiger charge is 2.05. The van der Waals surface area contributed by atoms with Crippen LogP contribution in [0.4, 0.5) is 4.39 Å². The predicted molar refractivity (Wildman–Crippen MR) is 63.0 cm³/mol. The Kier molecular flexibility index (Phi) is 2.33. The van der Waals surface area contributed by atoms with E-state index in [1.165, 1.54) is 12.1 Å². The molecule has 1 aromatic heterocycles. The average molecular weight is 227 g/mol. The fourth-order valence-electron chi connectivity index (χ4n) is 1.81. The van der Waals surface area contributed by atoms with E-state index < -0.39 is 0 Å². The molecule has 84 valence electrons. The van der Waals surface area contributed by atoms with Crippen molar-refractivity contribution in [2.24, 2.45) is 0 Å². The molecule has 0 bridgehead atoms. The standard InChI is InChI=1S/C13H10FN3/c14-11-6-7-12-13(8-11)17(16-15-12)9-10-4-2-1-3-5-10/h1-8H,9H2. The van der Waals surface area contributed by atoms with Crippen LogP contribution in [-0.2, 0) is 6.54 Å². The van der Waals surface area contributed by atoms with E-state index >= 15 is 0 Å². The highest BCUT2D eigenvalue weighted by Crippen LogP contribution is 2.14. The third-order valence-electron chi connectivity index (χ3n) is 2.65. The second-order valence-electron chi connectivity index (χ2n) is 3.87. The minimum absolute atomic E-state index is 0.269. The first-order chi connectivity index (χ1) is 8.33. The summed E-state index contributed by atoms with van der Waals surface area (Å²) in [7, 11) is 0. The molecular formula is C13H10FN3. The van der Waals surface area contributed by atoms with Crippen molar-refractivity contribution in [3.05, 3.63) is 59.9 Å². The van der Waals surface area contributed by atoms with E-state index in [0.29, 0.717) is 17.6 Å². The normalized spacial score (nSPS) is 10.9. The van der Waals surface area contributed by atoms with Gasteiger partial charge in [-0.3, -0.25) is 0 Å². The fraction of sp³-hybridized carbons (Fsp3) is 0.0769. The number of rotatable bonds is 2. The summed E-state index contributed by atoms with van der Waals surface area (Å²) in [6.45, 7) is 0.598. The lowest BCUT2D eigenvalue weighted by molar-refractivity contribution is 0.625. The zero-order valence-corrected chi connectivity index (χ0v) is 9.05. The van der Waals surface area contributed by atoms with Gasteiger partial charge in [-0.05, 0) is 17.7 Å². The van der Waals surface area contributed by atoms with Gasteiger partial charge in [0, 0.05) is 6.07 Å². The Labute approximate surface area is 97.5 Å². The lowest BCUT2D eigenvalue weighted by atomic mass is 10.2. The second kappa shape index (κ2) is 3.97. The smallest absolute Gasteiger partial charge is 0.125 e. The Balaban J connectivity index is 2.03. The molecule has 0 spiro atoms. The molecule has 0 saturated carbocycles. The summed E-state index contributed by atoms with van der Waals surface area (Å²) in [6, 6.07) is 14.4. The van der Waals surface area contributed by atoms with Crippen LogP contribution in [0.1, 0.15) is 5.56 Å². The summed E-state index contributed by atoms with van der Waals surface area (Å²) >= 11 is 0. The van der Waals surface area contributed by atoms with Crippen LogP contribution in [0.2, 0.25) is 0 Å². The summed E-state index contributed by atoms with van der Waals surface area (Å²) in [5, 5.41) is 8.03. The molecule has 0 unspecified atom stereocenters. The molecule has 0 fully saturated rings. The Bertz CT molecular complexity index is 646. The van der Waals surface area contributed by atoms with E-state index in [4.69, 9.17) is 0 Å². The van der Waals surface area contributed by atoms with Crippen molar-refractivity contribution < 1.29 is 4.39 Å². The molecule has 1 heterocycles. The molecule has 0 atom stereocenters. The van der Waals surface area contributed by atoms with Crippen molar-refractivity contribution in [1.29, 1.82) is 0 Å². The monoisotopic (exact) mass is 227 g/mol. The molecule has 0 amide bonds. The fourth-order valence-corrected chi connectivity index (χ4v) is 1.81. The highest BCUT2D eigenvalue weighted by molar-refractivity contribution is 5.74. The van der Waals surface area contributed by atoms with E-state index in [-0.39, 0.29) is 5.82 Å². The Hall–Kier alpha value is -2.23. The summed E-state index contributed by atoms with van der Waals surface area (Å²) < 4.78 is 14.9. The van der Waals surface area contributed by atoms with E-state index in [0.717, 1.165) is 5.56 Å². The van der Waals surface area contributed by atoms with Gasteiger partial charge in [0.2, 0.25) is 0 Å². The number of nitrogens with zero attached hydrogens (tertiary/aromatic N) is 3. The van der Waals surface area contributed by atoms with E-state index in [1.54, 1.807) is 10.7 Å². The van der Waals surface area contributed by atoms with Gasteiger partial charge in [0.1, 0.15) is 11.3 Å². The third-order valence-corrected chi connectivity index (χ3v) is 2.65. The zero-order valence-electron chi connectivity index (χ0n) is 9.05. The maximum atomic E-state index is 13.2. The number of halogens is 1. The van der Waals surface area contributed by atoms with Gasteiger partial charge in [-0.15, -0.1) is 5.10 Å². The van der Waals surface area contributed by atoms with Crippen LogP contribution < -0.4 is 0 Å². The molecular weight excluding hydrogens is 217 g/mol. The van der Waals surface area contributed by atoms with Crippen molar-refractivity contribution in [2.75, 3.05) is 0 Å². The minimum atomic E-state index is -0.269. The molecule has 0 aliphatic heterocycles. The number of hydrogen-bond donors (Lipinski definition) is 0. The highest BCUT2D eigenvalue weighted by atomic mass is 19.1. The number of hydrogen-bond acceptors (Lipinski definition) is 2. The minimum Gasteiger partial charge on any atom is -0.240 e. The van der Waals surface area contributed by atoms with Crippen LogP contribution in [0.15, 0.2) is 48.5 Å². The Morgan fingerprint density at radius 3 is 2.71 bits per heavy atom. The molecule has 4 heteroatoms. The van der Waals surface area contributed by atoms with Gasteiger partial charge in [-0.1, -0.05) is 35.5 Å². The molecule has 3 rings (SSSR count). The van der Waals surface area contributed by atoms with E-state index in [2.05, 4.69) is 10.3 Å². The maximum absolute atomic E-state index is 13.2. The van der Waals surface area contributed by atoms with Crippen LogP contribution in [0, 0.1) is 5.82 Å². The quantitative estimate of drug-likeness (QED) is 0.673. The molecule has 17 heavy (non-hydrogen) atoms. The van der Waals surface area contributed by atoms with Crippen LogP contribution in [0.5, 0.6) is 0 Å². The zero-order chi connectivity index (χ0) is 11.7. The molecule has 0 radical (unpaired) electrons.